The summed E-state index contributed by atoms with van der Waals surface area (Å²) in [5.74, 6) is 2.71. The molecule has 0 amide bonds. The smallest absolute Gasteiger partial charge is 0.257 e. The maximum absolute atomic E-state index is 5.96. The number of hydrogen-bond donors (Lipinski definition) is 0. The largest absolute Gasteiger partial charge is 0.497 e. The number of rotatable bonds is 5. The van der Waals surface area contributed by atoms with Crippen LogP contribution < -0.4 is 4.74 Å². The first-order valence-corrected chi connectivity index (χ1v) is 9.78. The molecule has 0 bridgehead atoms. The Morgan fingerprint density at radius 2 is 1.88 bits per heavy atom. The molecule has 4 rings (SSSR count). The number of ether oxygens (including phenoxy) is 1. The molecule has 1 aliphatic rings. The van der Waals surface area contributed by atoms with Crippen LogP contribution in [0.1, 0.15) is 35.1 Å². The summed E-state index contributed by atoms with van der Waals surface area (Å²) in [6.45, 7) is 5.16. The second-order valence-electron chi connectivity index (χ2n) is 6.75. The van der Waals surface area contributed by atoms with Crippen LogP contribution in [-0.2, 0) is 6.54 Å². The van der Waals surface area contributed by atoms with Gasteiger partial charge >= 0.3 is 0 Å². The van der Waals surface area contributed by atoms with Crippen molar-refractivity contribution in [2.75, 3.05) is 20.2 Å². The average molecular weight is 369 g/mol. The minimum absolute atomic E-state index is 0.365. The standard InChI is InChI=1S/C20H23N3O2S/c1-14-3-8-18(26-14)20-22-21-19(25-20)16-9-11-23(12-10-16)13-15-4-6-17(24-2)7-5-15/h3-8,16H,9-13H2,1-2H3. The summed E-state index contributed by atoms with van der Waals surface area (Å²) < 4.78 is 11.2. The van der Waals surface area contributed by atoms with Crippen LogP contribution in [0.25, 0.3) is 10.8 Å². The van der Waals surface area contributed by atoms with E-state index in [2.05, 4.69) is 46.3 Å². The van der Waals surface area contributed by atoms with Crippen LogP contribution in [0, 0.1) is 6.92 Å². The van der Waals surface area contributed by atoms with Crippen molar-refractivity contribution < 1.29 is 9.15 Å². The van der Waals surface area contributed by atoms with E-state index in [0.29, 0.717) is 11.8 Å². The summed E-state index contributed by atoms with van der Waals surface area (Å²) in [6, 6.07) is 12.5. The molecule has 0 unspecified atom stereocenters. The van der Waals surface area contributed by atoms with Crippen molar-refractivity contribution in [3.8, 4) is 16.5 Å². The van der Waals surface area contributed by atoms with Gasteiger partial charge in [0.05, 0.1) is 12.0 Å². The number of nitrogens with zero attached hydrogens (tertiary/aromatic N) is 3. The predicted octanol–water partition coefficient (Wildman–Crippen LogP) is 4.49. The average Bonchev–Trinajstić information content (AvgIpc) is 3.32. The van der Waals surface area contributed by atoms with E-state index in [1.807, 2.05) is 12.1 Å². The SMILES string of the molecule is COc1ccc(CN2CCC(c3nnc(-c4ccc(C)s4)o3)CC2)cc1. The lowest BCUT2D eigenvalue weighted by Crippen LogP contribution is -2.32. The van der Waals surface area contributed by atoms with E-state index in [0.717, 1.165) is 49.0 Å². The third kappa shape index (κ3) is 3.81. The molecule has 0 spiro atoms. The molecule has 1 saturated heterocycles. The molecule has 1 aliphatic heterocycles. The molecule has 0 radical (unpaired) electrons. The lowest BCUT2D eigenvalue weighted by Gasteiger charge is -2.30. The summed E-state index contributed by atoms with van der Waals surface area (Å²) in [5, 5.41) is 8.56. The number of aromatic nitrogens is 2. The van der Waals surface area contributed by atoms with Crippen LogP contribution in [0.2, 0.25) is 0 Å². The highest BCUT2D eigenvalue weighted by Crippen LogP contribution is 2.32. The van der Waals surface area contributed by atoms with Crippen LogP contribution in [-0.4, -0.2) is 35.3 Å². The topological polar surface area (TPSA) is 51.4 Å². The van der Waals surface area contributed by atoms with Crippen molar-refractivity contribution in [2.24, 2.45) is 0 Å². The minimum Gasteiger partial charge on any atom is -0.497 e. The summed E-state index contributed by atoms with van der Waals surface area (Å²) in [7, 11) is 1.70. The van der Waals surface area contributed by atoms with Gasteiger partial charge < -0.3 is 9.15 Å². The molecule has 0 N–H and O–H groups in total. The summed E-state index contributed by atoms with van der Waals surface area (Å²) in [4.78, 5) is 4.79. The number of piperidine rings is 1. The first-order chi connectivity index (χ1) is 12.7. The van der Waals surface area contributed by atoms with Crippen LogP contribution in [0.15, 0.2) is 40.8 Å². The van der Waals surface area contributed by atoms with Gasteiger partial charge in [0.1, 0.15) is 5.75 Å². The Hall–Kier alpha value is -2.18. The number of likely N-dealkylation sites (tertiary alicyclic amines) is 1. The molecule has 2 aromatic heterocycles. The third-order valence-electron chi connectivity index (χ3n) is 4.89. The number of hydrogen-bond acceptors (Lipinski definition) is 6. The van der Waals surface area contributed by atoms with E-state index in [1.54, 1.807) is 18.4 Å². The van der Waals surface area contributed by atoms with Crippen molar-refractivity contribution in [3.05, 3.63) is 52.7 Å². The molecule has 0 atom stereocenters. The number of benzene rings is 1. The van der Waals surface area contributed by atoms with Gasteiger partial charge in [-0.15, -0.1) is 21.5 Å². The van der Waals surface area contributed by atoms with Gasteiger partial charge in [0.15, 0.2) is 0 Å². The van der Waals surface area contributed by atoms with Crippen molar-refractivity contribution in [3.63, 3.8) is 0 Å². The molecule has 6 heteroatoms. The van der Waals surface area contributed by atoms with Gasteiger partial charge in [-0.1, -0.05) is 12.1 Å². The van der Waals surface area contributed by atoms with Gasteiger partial charge in [-0.05, 0) is 62.7 Å². The van der Waals surface area contributed by atoms with Gasteiger partial charge in [-0.2, -0.15) is 0 Å². The van der Waals surface area contributed by atoms with Crippen molar-refractivity contribution in [1.29, 1.82) is 0 Å². The van der Waals surface area contributed by atoms with E-state index in [4.69, 9.17) is 9.15 Å². The van der Waals surface area contributed by atoms with E-state index >= 15 is 0 Å². The molecule has 136 valence electrons. The summed E-state index contributed by atoms with van der Waals surface area (Å²) >= 11 is 1.69. The van der Waals surface area contributed by atoms with Crippen LogP contribution in [0.4, 0.5) is 0 Å². The van der Waals surface area contributed by atoms with Crippen molar-refractivity contribution >= 4 is 11.3 Å². The molecule has 5 nitrogen and oxygen atoms in total. The maximum Gasteiger partial charge on any atom is 0.257 e. The Bertz CT molecular complexity index is 848. The summed E-state index contributed by atoms with van der Waals surface area (Å²) in [6.07, 6.45) is 2.11. The van der Waals surface area contributed by atoms with E-state index in [9.17, 15) is 0 Å². The highest BCUT2D eigenvalue weighted by atomic mass is 32.1. The van der Waals surface area contributed by atoms with Gasteiger partial charge in [-0.3, -0.25) is 4.90 Å². The highest BCUT2D eigenvalue weighted by molar-refractivity contribution is 7.15. The van der Waals surface area contributed by atoms with Gasteiger partial charge in [0, 0.05) is 17.3 Å². The quantitative estimate of drug-likeness (QED) is 0.663. The highest BCUT2D eigenvalue weighted by Gasteiger charge is 2.25. The molecule has 3 aromatic rings. The molecule has 0 aliphatic carbocycles. The van der Waals surface area contributed by atoms with Crippen LogP contribution in [0.5, 0.6) is 5.75 Å². The van der Waals surface area contributed by atoms with Crippen molar-refractivity contribution in [2.45, 2.75) is 32.2 Å². The second kappa shape index (κ2) is 7.60. The van der Waals surface area contributed by atoms with Gasteiger partial charge in [-0.25, -0.2) is 0 Å². The lowest BCUT2D eigenvalue weighted by atomic mass is 9.96. The van der Waals surface area contributed by atoms with Crippen LogP contribution >= 0.6 is 11.3 Å². The zero-order valence-electron chi connectivity index (χ0n) is 15.1. The fourth-order valence-corrected chi connectivity index (χ4v) is 4.16. The lowest BCUT2D eigenvalue weighted by molar-refractivity contribution is 0.193. The molecule has 1 fully saturated rings. The fraction of sp³-hybridized carbons (Fsp3) is 0.400. The number of aryl methyl sites for hydroxylation is 1. The number of methoxy groups -OCH3 is 1. The summed E-state index contributed by atoms with van der Waals surface area (Å²) in [5.41, 5.74) is 1.32. The molecular weight excluding hydrogens is 346 g/mol. The van der Waals surface area contributed by atoms with Crippen molar-refractivity contribution in [1.82, 2.24) is 15.1 Å². The van der Waals surface area contributed by atoms with E-state index < -0.39 is 0 Å². The Morgan fingerprint density at radius 3 is 2.54 bits per heavy atom. The molecule has 0 saturated carbocycles. The van der Waals surface area contributed by atoms with E-state index in [1.165, 1.54) is 10.4 Å². The van der Waals surface area contributed by atoms with Gasteiger partial charge in [0.25, 0.3) is 5.89 Å². The second-order valence-corrected chi connectivity index (χ2v) is 8.04. The maximum atomic E-state index is 5.96. The van der Waals surface area contributed by atoms with Gasteiger partial charge in [0.2, 0.25) is 5.89 Å². The molecule has 26 heavy (non-hydrogen) atoms. The Morgan fingerprint density at radius 1 is 1.12 bits per heavy atom. The van der Waals surface area contributed by atoms with E-state index in [-0.39, 0.29) is 0 Å². The fourth-order valence-electron chi connectivity index (χ4n) is 3.38. The monoisotopic (exact) mass is 369 g/mol. The Balaban J connectivity index is 1.34. The predicted molar refractivity (Wildman–Crippen MR) is 103 cm³/mol. The number of thiophene rings is 1. The first kappa shape index (κ1) is 17.2. The third-order valence-corrected chi connectivity index (χ3v) is 5.88. The zero-order chi connectivity index (χ0) is 17.9. The zero-order valence-corrected chi connectivity index (χ0v) is 16.0. The normalized spacial score (nSPS) is 16.1. The molecule has 1 aromatic carbocycles. The Labute approximate surface area is 157 Å². The first-order valence-electron chi connectivity index (χ1n) is 8.97. The Kier molecular flexibility index (Phi) is 5.04. The molecule has 3 heterocycles. The van der Waals surface area contributed by atoms with Crippen LogP contribution in [0.3, 0.4) is 0 Å². The minimum atomic E-state index is 0.365. The molecular formula is C20H23N3O2S.